The molecule has 0 saturated heterocycles. The van der Waals surface area contributed by atoms with Gasteiger partial charge >= 0.3 is 5.97 Å². The van der Waals surface area contributed by atoms with Gasteiger partial charge in [-0.1, -0.05) is 31.4 Å². The molecule has 2 N–H and O–H groups in total. The number of aromatic nitrogens is 3. The Balaban J connectivity index is 2.20. The lowest BCUT2D eigenvalue weighted by molar-refractivity contribution is -0.0153. The molecule has 0 spiro atoms. The van der Waals surface area contributed by atoms with Crippen LogP contribution >= 0.6 is 0 Å². The fourth-order valence-electron chi connectivity index (χ4n) is 2.62. The summed E-state index contributed by atoms with van der Waals surface area (Å²) in [6, 6.07) is 0. The standard InChI is InChI=1S/C12H19N3O3/c1-2-9-10(11(16)17)13-14-15(9)8-12(18)6-4-3-5-7-12/h18H,2-8H2,1H3,(H,16,17). The minimum absolute atomic E-state index is 0.00286. The van der Waals surface area contributed by atoms with E-state index >= 15 is 0 Å². The zero-order chi connectivity index (χ0) is 13.2. The van der Waals surface area contributed by atoms with Crippen molar-refractivity contribution in [2.75, 3.05) is 0 Å². The summed E-state index contributed by atoms with van der Waals surface area (Å²) in [6.07, 6.45) is 5.22. The number of nitrogens with zero attached hydrogens (tertiary/aromatic N) is 3. The Bertz CT molecular complexity index is 436. The molecule has 6 heteroatoms. The van der Waals surface area contributed by atoms with Crippen LogP contribution in [0, 0.1) is 0 Å². The van der Waals surface area contributed by atoms with Crippen LogP contribution in [-0.2, 0) is 13.0 Å². The summed E-state index contributed by atoms with van der Waals surface area (Å²) in [5.74, 6) is -1.06. The predicted octanol–water partition coefficient (Wildman–Crippen LogP) is 1.23. The zero-order valence-corrected chi connectivity index (χ0v) is 10.6. The summed E-state index contributed by atoms with van der Waals surface area (Å²) in [6.45, 7) is 2.21. The molecule has 2 rings (SSSR count). The van der Waals surface area contributed by atoms with Crippen molar-refractivity contribution in [2.45, 2.75) is 57.6 Å². The minimum atomic E-state index is -1.06. The summed E-state index contributed by atoms with van der Waals surface area (Å²) >= 11 is 0. The molecule has 0 aliphatic heterocycles. The monoisotopic (exact) mass is 253 g/mol. The van der Waals surface area contributed by atoms with Crippen molar-refractivity contribution in [1.82, 2.24) is 15.0 Å². The van der Waals surface area contributed by atoms with Crippen LogP contribution < -0.4 is 0 Å². The van der Waals surface area contributed by atoms with Crippen molar-refractivity contribution in [1.29, 1.82) is 0 Å². The second-order valence-electron chi connectivity index (χ2n) is 4.99. The van der Waals surface area contributed by atoms with Gasteiger partial charge in [0.2, 0.25) is 0 Å². The highest BCUT2D eigenvalue weighted by Crippen LogP contribution is 2.29. The van der Waals surface area contributed by atoms with E-state index in [2.05, 4.69) is 10.3 Å². The van der Waals surface area contributed by atoms with Gasteiger partial charge in [-0.05, 0) is 19.3 Å². The summed E-state index contributed by atoms with van der Waals surface area (Å²) in [7, 11) is 0. The van der Waals surface area contributed by atoms with Gasteiger partial charge in [0.15, 0.2) is 5.69 Å². The van der Waals surface area contributed by atoms with Crippen molar-refractivity contribution in [3.63, 3.8) is 0 Å². The molecule has 0 aromatic carbocycles. The maximum atomic E-state index is 11.0. The van der Waals surface area contributed by atoms with E-state index in [1.807, 2.05) is 6.92 Å². The van der Waals surface area contributed by atoms with E-state index in [-0.39, 0.29) is 5.69 Å². The number of carboxylic acids is 1. The first-order chi connectivity index (χ1) is 8.56. The number of rotatable bonds is 4. The molecule has 0 amide bonds. The molecule has 1 heterocycles. The molecule has 18 heavy (non-hydrogen) atoms. The third kappa shape index (κ3) is 2.53. The van der Waals surface area contributed by atoms with Crippen LogP contribution in [0.25, 0.3) is 0 Å². The Morgan fingerprint density at radius 3 is 2.61 bits per heavy atom. The van der Waals surface area contributed by atoms with E-state index in [0.29, 0.717) is 18.7 Å². The number of aliphatic hydroxyl groups is 1. The molecule has 1 aromatic heterocycles. The number of hydrogen-bond acceptors (Lipinski definition) is 4. The maximum absolute atomic E-state index is 11.0. The molecular formula is C12H19N3O3. The van der Waals surface area contributed by atoms with Crippen LogP contribution in [0.15, 0.2) is 0 Å². The highest BCUT2D eigenvalue weighted by atomic mass is 16.4. The normalized spacial score (nSPS) is 18.8. The topological polar surface area (TPSA) is 88.2 Å². The summed E-state index contributed by atoms with van der Waals surface area (Å²) in [4.78, 5) is 11.0. The average molecular weight is 253 g/mol. The summed E-state index contributed by atoms with van der Waals surface area (Å²) < 4.78 is 1.55. The lowest BCUT2D eigenvalue weighted by Gasteiger charge is -2.32. The quantitative estimate of drug-likeness (QED) is 0.842. The Labute approximate surface area is 106 Å². The smallest absolute Gasteiger partial charge is 0.358 e. The number of carbonyl (C=O) groups is 1. The molecular weight excluding hydrogens is 234 g/mol. The van der Waals surface area contributed by atoms with Gasteiger partial charge in [0.1, 0.15) is 0 Å². The molecule has 0 atom stereocenters. The number of aromatic carboxylic acids is 1. The molecule has 1 aromatic rings. The SMILES string of the molecule is CCc1c(C(=O)O)nnn1CC1(O)CCCCC1. The van der Waals surface area contributed by atoms with E-state index in [0.717, 1.165) is 32.1 Å². The van der Waals surface area contributed by atoms with E-state index < -0.39 is 11.6 Å². The third-order valence-corrected chi connectivity index (χ3v) is 3.60. The molecule has 1 aliphatic rings. The molecule has 1 fully saturated rings. The maximum Gasteiger partial charge on any atom is 0.358 e. The van der Waals surface area contributed by atoms with Gasteiger partial charge in [0.25, 0.3) is 0 Å². The van der Waals surface area contributed by atoms with Gasteiger partial charge in [0, 0.05) is 0 Å². The molecule has 0 bridgehead atoms. The van der Waals surface area contributed by atoms with E-state index in [4.69, 9.17) is 5.11 Å². The molecule has 0 radical (unpaired) electrons. The molecule has 1 aliphatic carbocycles. The zero-order valence-electron chi connectivity index (χ0n) is 10.6. The summed E-state index contributed by atoms with van der Waals surface area (Å²) in [5, 5.41) is 27.0. The average Bonchev–Trinajstić information content (AvgIpc) is 2.72. The van der Waals surface area contributed by atoms with Gasteiger partial charge in [-0.2, -0.15) is 0 Å². The molecule has 100 valence electrons. The number of hydrogen-bond donors (Lipinski definition) is 2. The van der Waals surface area contributed by atoms with Crippen molar-refractivity contribution < 1.29 is 15.0 Å². The van der Waals surface area contributed by atoms with Crippen molar-refractivity contribution in [3.8, 4) is 0 Å². The lowest BCUT2D eigenvalue weighted by Crippen LogP contribution is -2.37. The molecule has 1 saturated carbocycles. The first kappa shape index (κ1) is 13.0. The van der Waals surface area contributed by atoms with Crippen LogP contribution in [0.5, 0.6) is 0 Å². The van der Waals surface area contributed by atoms with E-state index in [9.17, 15) is 9.90 Å². The highest BCUT2D eigenvalue weighted by molar-refractivity contribution is 5.86. The second kappa shape index (κ2) is 5.06. The number of carboxylic acid groups (broad SMARTS) is 1. The molecule has 0 unspecified atom stereocenters. The van der Waals surface area contributed by atoms with Gasteiger partial charge in [-0.25, -0.2) is 9.48 Å². The Kier molecular flexibility index (Phi) is 3.65. The van der Waals surface area contributed by atoms with Gasteiger partial charge in [-0.15, -0.1) is 5.10 Å². The largest absolute Gasteiger partial charge is 0.476 e. The Hall–Kier alpha value is -1.43. The Morgan fingerprint density at radius 1 is 1.39 bits per heavy atom. The van der Waals surface area contributed by atoms with Crippen molar-refractivity contribution in [2.24, 2.45) is 0 Å². The van der Waals surface area contributed by atoms with Crippen LogP contribution in [0.3, 0.4) is 0 Å². The summed E-state index contributed by atoms with van der Waals surface area (Å²) in [5.41, 5.74) is -0.176. The van der Waals surface area contributed by atoms with Crippen LogP contribution in [0.2, 0.25) is 0 Å². The fraction of sp³-hybridized carbons (Fsp3) is 0.750. The van der Waals surface area contributed by atoms with E-state index in [1.165, 1.54) is 0 Å². The minimum Gasteiger partial charge on any atom is -0.476 e. The van der Waals surface area contributed by atoms with Crippen LogP contribution in [-0.4, -0.2) is 36.8 Å². The van der Waals surface area contributed by atoms with Crippen LogP contribution in [0.1, 0.15) is 55.2 Å². The third-order valence-electron chi connectivity index (χ3n) is 3.60. The predicted molar refractivity (Wildman–Crippen MR) is 64.4 cm³/mol. The first-order valence-corrected chi connectivity index (χ1v) is 6.44. The lowest BCUT2D eigenvalue weighted by atomic mass is 9.85. The molecule has 6 nitrogen and oxygen atoms in total. The Morgan fingerprint density at radius 2 is 2.06 bits per heavy atom. The van der Waals surface area contributed by atoms with E-state index in [1.54, 1.807) is 4.68 Å². The van der Waals surface area contributed by atoms with Gasteiger partial charge in [0.05, 0.1) is 17.8 Å². The fourth-order valence-corrected chi connectivity index (χ4v) is 2.62. The van der Waals surface area contributed by atoms with Crippen molar-refractivity contribution >= 4 is 5.97 Å². The van der Waals surface area contributed by atoms with Gasteiger partial charge in [-0.3, -0.25) is 0 Å². The first-order valence-electron chi connectivity index (χ1n) is 6.44. The second-order valence-corrected chi connectivity index (χ2v) is 4.99. The van der Waals surface area contributed by atoms with Gasteiger partial charge < -0.3 is 10.2 Å². The van der Waals surface area contributed by atoms with Crippen molar-refractivity contribution in [3.05, 3.63) is 11.4 Å². The highest BCUT2D eigenvalue weighted by Gasteiger charge is 2.31. The van der Waals surface area contributed by atoms with Crippen LogP contribution in [0.4, 0.5) is 0 Å².